The lowest BCUT2D eigenvalue weighted by molar-refractivity contribution is 0.368. The van der Waals surface area contributed by atoms with Crippen LogP contribution in [0.5, 0.6) is 5.75 Å². The van der Waals surface area contributed by atoms with Crippen molar-refractivity contribution in [3.63, 3.8) is 0 Å². The van der Waals surface area contributed by atoms with Crippen molar-refractivity contribution in [2.45, 2.75) is 19.5 Å². The van der Waals surface area contributed by atoms with Gasteiger partial charge in [-0.15, -0.1) is 0 Å². The van der Waals surface area contributed by atoms with Crippen LogP contribution in [-0.4, -0.2) is 6.61 Å². The molecule has 0 radical (unpaired) electrons. The van der Waals surface area contributed by atoms with E-state index in [0.29, 0.717) is 0 Å². The molecule has 1 atom stereocenters. The maximum atomic E-state index is 8.46. The molecule has 1 N–H and O–H groups in total. The monoisotopic (exact) mass is 266 g/mol. The predicted octanol–water partition coefficient (Wildman–Crippen LogP) is 3.44. The van der Waals surface area contributed by atoms with E-state index in [1.54, 1.807) is 0 Å². The van der Waals surface area contributed by atoms with Crippen LogP contribution >= 0.6 is 0 Å². The van der Waals surface area contributed by atoms with E-state index in [1.165, 1.54) is 11.1 Å². The molecule has 0 saturated heterocycles. The van der Waals surface area contributed by atoms with Gasteiger partial charge >= 0.3 is 0 Å². The van der Waals surface area contributed by atoms with Crippen LogP contribution in [0.15, 0.2) is 54.6 Å². The fraction of sp³-hybridized carbons (Fsp3) is 0.235. The van der Waals surface area contributed by atoms with Crippen LogP contribution in [-0.2, 0) is 6.54 Å². The zero-order chi connectivity index (χ0) is 14.2. The largest absolute Gasteiger partial charge is 0.479 e. The predicted molar refractivity (Wildman–Crippen MR) is 79.2 cm³/mol. The molecule has 0 fully saturated rings. The van der Waals surface area contributed by atoms with E-state index in [4.69, 9.17) is 10.00 Å². The number of ether oxygens (including phenoxy) is 1. The number of hydrogen-bond acceptors (Lipinski definition) is 3. The van der Waals surface area contributed by atoms with Crippen molar-refractivity contribution in [3.05, 3.63) is 65.7 Å². The van der Waals surface area contributed by atoms with Crippen LogP contribution in [0, 0.1) is 11.3 Å². The lowest BCUT2D eigenvalue weighted by atomic mass is 10.1. The fourth-order valence-corrected chi connectivity index (χ4v) is 1.95. The molecular weight excluding hydrogens is 248 g/mol. The molecule has 0 aliphatic carbocycles. The molecule has 3 heteroatoms. The van der Waals surface area contributed by atoms with Gasteiger partial charge in [-0.3, -0.25) is 0 Å². The number of hydrogen-bond donors (Lipinski definition) is 1. The molecule has 0 aliphatic heterocycles. The molecule has 0 aliphatic rings. The molecule has 2 rings (SSSR count). The van der Waals surface area contributed by atoms with Crippen molar-refractivity contribution >= 4 is 0 Å². The summed E-state index contributed by atoms with van der Waals surface area (Å²) in [5.74, 6) is 0.727. The van der Waals surface area contributed by atoms with Crippen molar-refractivity contribution < 1.29 is 4.74 Å². The van der Waals surface area contributed by atoms with E-state index >= 15 is 0 Å². The van der Waals surface area contributed by atoms with Crippen LogP contribution in [0.3, 0.4) is 0 Å². The molecule has 20 heavy (non-hydrogen) atoms. The second-order valence-electron chi connectivity index (χ2n) is 4.60. The summed E-state index contributed by atoms with van der Waals surface area (Å²) in [4.78, 5) is 0. The Labute approximate surface area is 119 Å². The second kappa shape index (κ2) is 7.32. The molecule has 2 aromatic carbocycles. The van der Waals surface area contributed by atoms with Crippen LogP contribution < -0.4 is 10.1 Å². The van der Waals surface area contributed by atoms with Crippen LogP contribution in [0.2, 0.25) is 0 Å². The topological polar surface area (TPSA) is 45.0 Å². The van der Waals surface area contributed by atoms with Gasteiger partial charge in [0.15, 0.2) is 6.61 Å². The van der Waals surface area contributed by atoms with Crippen LogP contribution in [0.25, 0.3) is 0 Å². The lowest BCUT2D eigenvalue weighted by Gasteiger charge is -2.15. The Balaban J connectivity index is 1.89. The SMILES string of the molecule is CC(NCc1ccccc1)c1ccc(OCC#N)cc1. The molecule has 102 valence electrons. The highest BCUT2D eigenvalue weighted by Gasteiger charge is 2.05. The summed E-state index contributed by atoms with van der Waals surface area (Å²) in [6.45, 7) is 3.06. The Morgan fingerprint density at radius 2 is 1.80 bits per heavy atom. The van der Waals surface area contributed by atoms with Gasteiger partial charge in [0.2, 0.25) is 0 Å². The van der Waals surface area contributed by atoms with Gasteiger partial charge in [0, 0.05) is 12.6 Å². The van der Waals surface area contributed by atoms with Gasteiger partial charge in [0.25, 0.3) is 0 Å². The van der Waals surface area contributed by atoms with E-state index < -0.39 is 0 Å². The molecule has 0 saturated carbocycles. The minimum Gasteiger partial charge on any atom is -0.479 e. The van der Waals surface area contributed by atoms with E-state index in [9.17, 15) is 0 Å². The van der Waals surface area contributed by atoms with Crippen LogP contribution in [0.4, 0.5) is 0 Å². The molecule has 3 nitrogen and oxygen atoms in total. The third-order valence-electron chi connectivity index (χ3n) is 3.14. The highest BCUT2D eigenvalue weighted by atomic mass is 16.5. The van der Waals surface area contributed by atoms with E-state index in [0.717, 1.165) is 12.3 Å². The third kappa shape index (κ3) is 4.11. The van der Waals surface area contributed by atoms with E-state index in [1.807, 2.05) is 48.5 Å². The Morgan fingerprint density at radius 3 is 2.45 bits per heavy atom. The second-order valence-corrected chi connectivity index (χ2v) is 4.60. The zero-order valence-corrected chi connectivity index (χ0v) is 11.5. The summed E-state index contributed by atoms with van der Waals surface area (Å²) >= 11 is 0. The molecule has 0 heterocycles. The Hall–Kier alpha value is -2.31. The number of nitriles is 1. The summed E-state index contributed by atoms with van der Waals surface area (Å²) in [6, 6.07) is 20.4. The average Bonchev–Trinajstić information content (AvgIpc) is 2.52. The zero-order valence-electron chi connectivity index (χ0n) is 11.5. The van der Waals surface area contributed by atoms with Gasteiger partial charge in [-0.05, 0) is 30.2 Å². The Morgan fingerprint density at radius 1 is 1.10 bits per heavy atom. The van der Waals surface area contributed by atoms with Gasteiger partial charge in [-0.25, -0.2) is 0 Å². The Kier molecular flexibility index (Phi) is 5.16. The number of nitrogens with zero attached hydrogens (tertiary/aromatic N) is 1. The minimum absolute atomic E-state index is 0.0845. The molecular formula is C17H18N2O. The quantitative estimate of drug-likeness (QED) is 0.871. The van der Waals surface area contributed by atoms with Gasteiger partial charge in [-0.2, -0.15) is 5.26 Å². The number of nitrogens with one attached hydrogen (secondary N) is 1. The fourth-order valence-electron chi connectivity index (χ4n) is 1.95. The van der Waals surface area contributed by atoms with Gasteiger partial charge in [0.1, 0.15) is 11.8 Å². The average molecular weight is 266 g/mol. The summed E-state index contributed by atoms with van der Waals surface area (Å²) in [6.07, 6.45) is 0. The molecule has 0 aromatic heterocycles. The maximum Gasteiger partial charge on any atom is 0.174 e. The van der Waals surface area contributed by atoms with Gasteiger partial charge < -0.3 is 10.1 Å². The molecule has 2 aromatic rings. The van der Waals surface area contributed by atoms with E-state index in [-0.39, 0.29) is 12.6 Å². The number of rotatable bonds is 6. The first-order valence-electron chi connectivity index (χ1n) is 6.66. The minimum atomic E-state index is 0.0845. The standard InChI is InChI=1S/C17H18N2O/c1-14(19-13-15-5-3-2-4-6-15)16-7-9-17(10-8-16)20-12-11-18/h2-10,14,19H,12-13H2,1H3. The normalized spacial score (nSPS) is 11.6. The first kappa shape index (κ1) is 14.1. The van der Waals surface area contributed by atoms with Crippen molar-refractivity contribution in [2.75, 3.05) is 6.61 Å². The van der Waals surface area contributed by atoms with E-state index in [2.05, 4.69) is 24.4 Å². The maximum absolute atomic E-state index is 8.46. The third-order valence-corrected chi connectivity index (χ3v) is 3.14. The molecule has 0 bridgehead atoms. The number of benzene rings is 2. The summed E-state index contributed by atoms with van der Waals surface area (Å²) in [5, 5.41) is 11.9. The Bertz CT molecular complexity index is 558. The smallest absolute Gasteiger partial charge is 0.174 e. The first-order valence-corrected chi connectivity index (χ1v) is 6.66. The van der Waals surface area contributed by atoms with Gasteiger partial charge in [0.05, 0.1) is 0 Å². The van der Waals surface area contributed by atoms with Crippen LogP contribution in [0.1, 0.15) is 24.1 Å². The van der Waals surface area contributed by atoms with Crippen molar-refractivity contribution in [1.82, 2.24) is 5.32 Å². The lowest BCUT2D eigenvalue weighted by Crippen LogP contribution is -2.17. The highest BCUT2D eigenvalue weighted by molar-refractivity contribution is 5.29. The van der Waals surface area contributed by atoms with Gasteiger partial charge in [-0.1, -0.05) is 42.5 Å². The highest BCUT2D eigenvalue weighted by Crippen LogP contribution is 2.18. The first-order chi connectivity index (χ1) is 9.79. The molecule has 1 unspecified atom stereocenters. The van der Waals surface area contributed by atoms with Crippen molar-refractivity contribution in [3.8, 4) is 11.8 Å². The van der Waals surface area contributed by atoms with Crippen molar-refractivity contribution in [1.29, 1.82) is 5.26 Å². The molecule has 0 amide bonds. The summed E-state index contributed by atoms with van der Waals surface area (Å²) in [5.41, 5.74) is 2.47. The summed E-state index contributed by atoms with van der Waals surface area (Å²) in [7, 11) is 0. The van der Waals surface area contributed by atoms with Crippen molar-refractivity contribution in [2.24, 2.45) is 0 Å². The molecule has 0 spiro atoms. The summed E-state index contributed by atoms with van der Waals surface area (Å²) < 4.78 is 5.24.